The summed E-state index contributed by atoms with van der Waals surface area (Å²) in [7, 11) is 0. The number of aromatic nitrogens is 4. The molecule has 4 aromatic rings. The van der Waals surface area contributed by atoms with Crippen molar-refractivity contribution in [1.29, 1.82) is 5.26 Å². The van der Waals surface area contributed by atoms with Crippen LogP contribution in [-0.4, -0.2) is 26.2 Å². The van der Waals surface area contributed by atoms with Crippen molar-refractivity contribution in [1.82, 2.24) is 19.9 Å². The molecule has 0 spiro atoms. The van der Waals surface area contributed by atoms with Crippen LogP contribution in [0.15, 0.2) is 66.0 Å². The maximum absolute atomic E-state index is 9.33. The molecule has 8 heteroatoms. The lowest BCUT2D eigenvalue weighted by Gasteiger charge is -2.16. The quantitative estimate of drug-likeness (QED) is 0.470. The fourth-order valence-corrected chi connectivity index (χ4v) is 3.33. The molecule has 0 saturated carbocycles. The van der Waals surface area contributed by atoms with E-state index in [4.69, 9.17) is 11.5 Å². The van der Waals surface area contributed by atoms with E-state index in [-0.39, 0.29) is 5.82 Å². The largest absolute Gasteiger partial charge is 0.395 e. The van der Waals surface area contributed by atoms with Gasteiger partial charge in [-0.25, -0.2) is 15.0 Å². The third kappa shape index (κ3) is 4.27. The minimum absolute atomic E-state index is 0.176. The van der Waals surface area contributed by atoms with Crippen LogP contribution in [-0.2, 0) is 6.54 Å². The molecule has 0 bridgehead atoms. The minimum atomic E-state index is 0.176. The first kappa shape index (κ1) is 20.6. The lowest BCUT2D eigenvalue weighted by molar-refractivity contribution is 0.974. The molecule has 3 heterocycles. The Bertz CT molecular complexity index is 1340. The van der Waals surface area contributed by atoms with E-state index < -0.39 is 0 Å². The van der Waals surface area contributed by atoms with Gasteiger partial charge in [0.15, 0.2) is 0 Å². The van der Waals surface area contributed by atoms with Crippen molar-refractivity contribution in [3.8, 4) is 28.6 Å². The number of nitriles is 1. The number of aliphatic imine (C=N–C) groups is 1. The molecule has 0 fully saturated rings. The van der Waals surface area contributed by atoms with E-state index in [1.165, 1.54) is 6.33 Å². The van der Waals surface area contributed by atoms with E-state index >= 15 is 0 Å². The fraction of sp³-hybridized carbons (Fsp3) is 0.0833. The Morgan fingerprint density at radius 1 is 1.09 bits per heavy atom. The van der Waals surface area contributed by atoms with Crippen LogP contribution >= 0.6 is 0 Å². The highest BCUT2D eigenvalue weighted by Gasteiger charge is 2.20. The first-order valence-electron chi connectivity index (χ1n) is 9.85. The first-order chi connectivity index (χ1) is 15.6. The van der Waals surface area contributed by atoms with Crippen LogP contribution in [0.4, 0.5) is 11.5 Å². The zero-order valence-corrected chi connectivity index (χ0v) is 17.4. The molecule has 0 aliphatic heterocycles. The Morgan fingerprint density at radius 3 is 2.69 bits per heavy atom. The van der Waals surface area contributed by atoms with Gasteiger partial charge in [-0.15, -0.1) is 0 Å². The second-order valence-corrected chi connectivity index (χ2v) is 7.08. The third-order valence-corrected chi connectivity index (χ3v) is 4.83. The average Bonchev–Trinajstić information content (AvgIpc) is 2.82. The van der Waals surface area contributed by atoms with Crippen LogP contribution in [0.2, 0.25) is 0 Å². The van der Waals surface area contributed by atoms with Gasteiger partial charge in [0.05, 0.1) is 40.9 Å². The number of anilines is 2. The van der Waals surface area contributed by atoms with E-state index in [0.717, 1.165) is 17.0 Å². The number of aryl methyl sites for hydroxylation is 1. The monoisotopic (exact) mass is 420 g/mol. The summed E-state index contributed by atoms with van der Waals surface area (Å²) in [5, 5.41) is 9.33. The van der Waals surface area contributed by atoms with Gasteiger partial charge in [0.1, 0.15) is 12.1 Å². The molecule has 0 aliphatic carbocycles. The summed E-state index contributed by atoms with van der Waals surface area (Å²) < 4.78 is 0. The topological polar surface area (TPSA) is 140 Å². The van der Waals surface area contributed by atoms with Gasteiger partial charge in [-0.1, -0.05) is 18.2 Å². The first-order valence-corrected chi connectivity index (χ1v) is 9.85. The summed E-state index contributed by atoms with van der Waals surface area (Å²) in [4.78, 5) is 22.0. The Kier molecular flexibility index (Phi) is 5.81. The van der Waals surface area contributed by atoms with Crippen LogP contribution in [0.3, 0.4) is 0 Å². The van der Waals surface area contributed by atoms with Gasteiger partial charge >= 0.3 is 0 Å². The highest BCUT2D eigenvalue weighted by Crippen LogP contribution is 2.37. The molecule has 4 rings (SSSR count). The highest BCUT2D eigenvalue weighted by atomic mass is 14.9. The van der Waals surface area contributed by atoms with E-state index in [0.29, 0.717) is 40.3 Å². The van der Waals surface area contributed by atoms with Gasteiger partial charge in [-0.2, -0.15) is 5.26 Å². The van der Waals surface area contributed by atoms with E-state index in [1.54, 1.807) is 36.7 Å². The molecule has 0 atom stereocenters. The second-order valence-electron chi connectivity index (χ2n) is 7.08. The summed E-state index contributed by atoms with van der Waals surface area (Å²) in [5.41, 5.74) is 18.2. The molecule has 3 aromatic heterocycles. The Morgan fingerprint density at radius 2 is 1.94 bits per heavy atom. The number of hydrogen-bond donors (Lipinski definition) is 2. The van der Waals surface area contributed by atoms with Gasteiger partial charge in [0, 0.05) is 34.8 Å². The maximum Gasteiger partial charge on any atom is 0.148 e. The summed E-state index contributed by atoms with van der Waals surface area (Å²) in [6.45, 7) is 2.31. The molecule has 4 N–H and O–H groups in total. The molecule has 32 heavy (non-hydrogen) atoms. The van der Waals surface area contributed by atoms with Crippen molar-refractivity contribution < 1.29 is 0 Å². The molecule has 0 unspecified atom stereocenters. The maximum atomic E-state index is 9.33. The molecular formula is C24H20N8. The highest BCUT2D eigenvalue weighted by molar-refractivity contribution is 6.02. The normalized spacial score (nSPS) is 10.9. The predicted molar refractivity (Wildman–Crippen MR) is 125 cm³/mol. The fourth-order valence-electron chi connectivity index (χ4n) is 3.33. The Balaban J connectivity index is 1.89. The number of nitrogens with two attached hydrogens (primary N) is 2. The van der Waals surface area contributed by atoms with Crippen molar-refractivity contribution in [3.63, 3.8) is 0 Å². The SMILES string of the molecule is Cc1cccc(CN=Cc2c(N)c(N)nc(-c3cccc(C#N)c3)c2-c2ccncn2)n1. The van der Waals surface area contributed by atoms with Crippen molar-refractivity contribution in [2.24, 2.45) is 4.99 Å². The summed E-state index contributed by atoms with van der Waals surface area (Å²) in [6, 6.07) is 16.8. The standard InChI is InChI=1S/C24H20N8/c1-15-4-2-7-18(31-15)12-29-13-19-21(20-8-9-28-14-30-20)23(32-24(27)22(19)26)17-6-3-5-16(10-17)11-25/h2-10,13-14H,12,26H2,1H3,(H2,27,32). The number of hydrogen-bond acceptors (Lipinski definition) is 8. The van der Waals surface area contributed by atoms with Gasteiger partial charge in [0.25, 0.3) is 0 Å². The minimum Gasteiger partial charge on any atom is -0.395 e. The summed E-state index contributed by atoms with van der Waals surface area (Å²) in [6.07, 6.45) is 4.77. The molecule has 0 amide bonds. The zero-order chi connectivity index (χ0) is 22.5. The molecule has 0 radical (unpaired) electrons. The van der Waals surface area contributed by atoms with Gasteiger partial charge in [-0.05, 0) is 37.3 Å². The second kappa shape index (κ2) is 9.02. The van der Waals surface area contributed by atoms with E-state index in [2.05, 4.69) is 31.0 Å². The van der Waals surface area contributed by atoms with E-state index in [1.807, 2.05) is 31.2 Å². The van der Waals surface area contributed by atoms with Gasteiger partial charge in [-0.3, -0.25) is 9.98 Å². The van der Waals surface area contributed by atoms with Crippen LogP contribution in [0, 0.1) is 18.3 Å². The molecule has 0 saturated heterocycles. The lowest BCUT2D eigenvalue weighted by atomic mass is 9.96. The van der Waals surface area contributed by atoms with Crippen molar-refractivity contribution in [2.75, 3.05) is 11.5 Å². The van der Waals surface area contributed by atoms with Crippen molar-refractivity contribution >= 4 is 17.7 Å². The average molecular weight is 420 g/mol. The van der Waals surface area contributed by atoms with E-state index in [9.17, 15) is 5.26 Å². The van der Waals surface area contributed by atoms with Crippen LogP contribution in [0.1, 0.15) is 22.5 Å². The Labute approximate surface area is 185 Å². The lowest BCUT2D eigenvalue weighted by Crippen LogP contribution is -2.08. The van der Waals surface area contributed by atoms with Crippen LogP contribution < -0.4 is 11.5 Å². The molecule has 8 nitrogen and oxygen atoms in total. The number of benzene rings is 1. The molecular weight excluding hydrogens is 400 g/mol. The summed E-state index contributed by atoms with van der Waals surface area (Å²) in [5.74, 6) is 0.176. The Hall–Kier alpha value is -4.64. The van der Waals surface area contributed by atoms with Crippen LogP contribution in [0.5, 0.6) is 0 Å². The number of pyridine rings is 2. The van der Waals surface area contributed by atoms with Gasteiger partial charge < -0.3 is 11.5 Å². The third-order valence-electron chi connectivity index (χ3n) is 4.83. The number of rotatable bonds is 5. The smallest absolute Gasteiger partial charge is 0.148 e. The van der Waals surface area contributed by atoms with Gasteiger partial charge in [0.2, 0.25) is 0 Å². The zero-order valence-electron chi connectivity index (χ0n) is 17.4. The molecule has 156 valence electrons. The number of nitrogen functional groups attached to an aromatic ring is 2. The molecule has 1 aromatic carbocycles. The van der Waals surface area contributed by atoms with Crippen LogP contribution in [0.25, 0.3) is 22.5 Å². The number of nitrogens with zero attached hydrogens (tertiary/aromatic N) is 6. The predicted octanol–water partition coefficient (Wildman–Crippen LogP) is 3.56. The van der Waals surface area contributed by atoms with Crippen molar-refractivity contribution in [2.45, 2.75) is 13.5 Å². The molecule has 0 aliphatic rings. The van der Waals surface area contributed by atoms with Crippen molar-refractivity contribution in [3.05, 3.63) is 83.6 Å². The summed E-state index contributed by atoms with van der Waals surface area (Å²) >= 11 is 0.